The zero-order valence-corrected chi connectivity index (χ0v) is 19.8. The molecule has 0 saturated heterocycles. The molecule has 0 fully saturated rings. The van der Waals surface area contributed by atoms with E-state index in [9.17, 15) is 9.59 Å². The molecule has 0 unspecified atom stereocenters. The molecule has 32 heavy (non-hydrogen) atoms. The second kappa shape index (κ2) is 12.0. The van der Waals surface area contributed by atoms with Crippen LogP contribution in [0.4, 0.5) is 0 Å². The summed E-state index contributed by atoms with van der Waals surface area (Å²) in [6, 6.07) is 6.53. The van der Waals surface area contributed by atoms with Crippen molar-refractivity contribution in [1.82, 2.24) is 0 Å². The number of ether oxygens (including phenoxy) is 2. The monoisotopic (exact) mass is 434 g/mol. The fourth-order valence-electron chi connectivity index (χ4n) is 3.42. The Morgan fingerprint density at radius 1 is 1.06 bits per heavy atom. The smallest absolute Gasteiger partial charge is 0.342 e. The summed E-state index contributed by atoms with van der Waals surface area (Å²) in [5, 5.41) is 0. The lowest BCUT2D eigenvalue weighted by Crippen LogP contribution is -2.16. The first-order valence-electron chi connectivity index (χ1n) is 11.0. The lowest BCUT2D eigenvalue weighted by atomic mass is 9.75. The molecule has 0 aliphatic heterocycles. The van der Waals surface area contributed by atoms with Gasteiger partial charge < -0.3 is 9.47 Å². The number of carbonyl (C=O) groups excluding carboxylic acids is 2. The number of hydrogen-bond donors (Lipinski definition) is 0. The number of benzene rings is 1. The number of allylic oxidation sites excluding steroid dienone is 9. The van der Waals surface area contributed by atoms with Gasteiger partial charge in [-0.2, -0.15) is 0 Å². The maximum absolute atomic E-state index is 12.3. The Bertz CT molecular complexity index is 971. The van der Waals surface area contributed by atoms with Gasteiger partial charge in [-0.15, -0.1) is 0 Å². The third kappa shape index (κ3) is 8.18. The summed E-state index contributed by atoms with van der Waals surface area (Å²) in [7, 11) is 0. The fourth-order valence-corrected chi connectivity index (χ4v) is 3.42. The van der Waals surface area contributed by atoms with E-state index in [0.29, 0.717) is 0 Å². The van der Waals surface area contributed by atoms with Crippen LogP contribution in [-0.4, -0.2) is 18.5 Å². The van der Waals surface area contributed by atoms with Gasteiger partial charge in [-0.1, -0.05) is 73.6 Å². The fraction of sp³-hybridized carbons (Fsp3) is 0.357. The van der Waals surface area contributed by atoms with E-state index in [-0.39, 0.29) is 23.3 Å². The third-order valence-corrected chi connectivity index (χ3v) is 5.38. The third-order valence-electron chi connectivity index (χ3n) is 5.38. The zero-order chi connectivity index (χ0) is 23.6. The first-order chi connectivity index (χ1) is 15.2. The van der Waals surface area contributed by atoms with Gasteiger partial charge in [0.2, 0.25) is 0 Å². The van der Waals surface area contributed by atoms with Crippen molar-refractivity contribution in [2.24, 2.45) is 5.41 Å². The van der Waals surface area contributed by atoms with Crippen LogP contribution in [0.25, 0.3) is 0 Å². The topological polar surface area (TPSA) is 52.6 Å². The summed E-state index contributed by atoms with van der Waals surface area (Å²) in [4.78, 5) is 23.5. The predicted octanol–water partition coefficient (Wildman–Crippen LogP) is 6.91. The molecule has 0 saturated carbocycles. The van der Waals surface area contributed by atoms with Gasteiger partial charge in [0.1, 0.15) is 17.9 Å². The summed E-state index contributed by atoms with van der Waals surface area (Å²) in [6.45, 7) is 10.1. The predicted molar refractivity (Wildman–Crippen MR) is 130 cm³/mol. The molecule has 2 rings (SSSR count). The van der Waals surface area contributed by atoms with Crippen molar-refractivity contribution >= 4 is 11.9 Å². The highest BCUT2D eigenvalue weighted by Gasteiger charge is 2.23. The van der Waals surface area contributed by atoms with Crippen LogP contribution in [0.15, 0.2) is 83.5 Å². The van der Waals surface area contributed by atoms with Gasteiger partial charge in [0, 0.05) is 6.92 Å². The van der Waals surface area contributed by atoms with Crippen molar-refractivity contribution in [2.45, 2.75) is 53.9 Å². The van der Waals surface area contributed by atoms with E-state index in [1.807, 2.05) is 25.2 Å². The molecule has 0 spiro atoms. The molecule has 0 heterocycles. The number of para-hydroxylation sites is 1. The van der Waals surface area contributed by atoms with Gasteiger partial charge in [-0.25, -0.2) is 4.79 Å². The van der Waals surface area contributed by atoms with Crippen molar-refractivity contribution in [3.05, 3.63) is 89.1 Å². The standard InChI is InChI=1S/C28H34O4/c1-21(16-17-24-13-8-9-19-28(24,4)5)11-10-12-22(2)18-20-31-27(30)25-14-6-7-15-26(25)32-23(3)29/h6-7,10-18H,8-9,19-20H2,1-5H3/b12-10+,17-16+,21-11+,22-18+. The molecule has 1 aliphatic rings. The van der Waals surface area contributed by atoms with Gasteiger partial charge in [0.15, 0.2) is 0 Å². The van der Waals surface area contributed by atoms with Gasteiger partial charge in [-0.05, 0) is 62.3 Å². The highest BCUT2D eigenvalue weighted by atomic mass is 16.5. The highest BCUT2D eigenvalue weighted by molar-refractivity contribution is 5.93. The van der Waals surface area contributed by atoms with Gasteiger partial charge >= 0.3 is 11.9 Å². The molecule has 0 N–H and O–H groups in total. The van der Waals surface area contributed by atoms with Crippen LogP contribution in [0, 0.1) is 5.41 Å². The maximum Gasteiger partial charge on any atom is 0.342 e. The molecule has 0 amide bonds. The molecule has 1 aromatic carbocycles. The van der Waals surface area contributed by atoms with Crippen LogP contribution in [0.1, 0.15) is 64.2 Å². The maximum atomic E-state index is 12.3. The van der Waals surface area contributed by atoms with E-state index in [0.717, 1.165) is 12.0 Å². The van der Waals surface area contributed by atoms with Crippen molar-refractivity contribution in [1.29, 1.82) is 0 Å². The summed E-state index contributed by atoms with van der Waals surface area (Å²) in [5.41, 5.74) is 4.04. The Balaban J connectivity index is 1.88. The lowest BCUT2D eigenvalue weighted by Gasteiger charge is -2.30. The molecule has 0 atom stereocenters. The number of rotatable bonds is 8. The summed E-state index contributed by atoms with van der Waals surface area (Å²) in [5.74, 6) is -0.814. The van der Waals surface area contributed by atoms with E-state index in [2.05, 4.69) is 45.1 Å². The van der Waals surface area contributed by atoms with Crippen LogP contribution < -0.4 is 4.74 Å². The van der Waals surface area contributed by atoms with Crippen LogP contribution in [0.2, 0.25) is 0 Å². The molecule has 4 heteroatoms. The molecule has 0 radical (unpaired) electrons. The first kappa shape index (κ1) is 25.1. The SMILES string of the molecule is CC(=O)Oc1ccccc1C(=O)OC/C=C(C)/C=C/C=C(C)/C=C/C1=CCCCC1(C)C. The Hall–Kier alpha value is -3.14. The van der Waals surface area contributed by atoms with E-state index in [1.54, 1.807) is 24.3 Å². The van der Waals surface area contributed by atoms with Crippen LogP contribution >= 0.6 is 0 Å². The Labute approximate surface area is 192 Å². The van der Waals surface area contributed by atoms with E-state index in [4.69, 9.17) is 9.47 Å². The zero-order valence-electron chi connectivity index (χ0n) is 19.8. The number of hydrogen-bond acceptors (Lipinski definition) is 4. The normalized spacial score (nSPS) is 16.8. The number of carbonyl (C=O) groups is 2. The first-order valence-corrected chi connectivity index (χ1v) is 11.0. The summed E-state index contributed by atoms with van der Waals surface area (Å²) < 4.78 is 10.4. The van der Waals surface area contributed by atoms with Crippen molar-refractivity contribution in [3.8, 4) is 5.75 Å². The van der Waals surface area contributed by atoms with E-state index < -0.39 is 11.9 Å². The second-order valence-corrected chi connectivity index (χ2v) is 8.68. The summed E-state index contributed by atoms with van der Waals surface area (Å²) >= 11 is 0. The average Bonchev–Trinajstić information content (AvgIpc) is 2.72. The van der Waals surface area contributed by atoms with Crippen LogP contribution in [0.3, 0.4) is 0 Å². The second-order valence-electron chi connectivity index (χ2n) is 8.68. The van der Waals surface area contributed by atoms with Gasteiger partial charge in [-0.3, -0.25) is 4.79 Å². The van der Waals surface area contributed by atoms with Crippen molar-refractivity contribution < 1.29 is 19.1 Å². The minimum atomic E-state index is -0.532. The quantitative estimate of drug-likeness (QED) is 0.253. The Morgan fingerprint density at radius 2 is 1.81 bits per heavy atom. The van der Waals surface area contributed by atoms with Gasteiger partial charge in [0.05, 0.1) is 0 Å². The minimum Gasteiger partial charge on any atom is -0.458 e. The van der Waals surface area contributed by atoms with Crippen LogP contribution in [-0.2, 0) is 9.53 Å². The molecule has 0 aromatic heterocycles. The molecular formula is C28H34O4. The summed E-state index contributed by atoms with van der Waals surface area (Å²) in [6.07, 6.45) is 18.3. The Kier molecular flexibility index (Phi) is 9.45. The van der Waals surface area contributed by atoms with Crippen molar-refractivity contribution in [3.63, 3.8) is 0 Å². The average molecular weight is 435 g/mol. The molecule has 1 aliphatic carbocycles. The molecular weight excluding hydrogens is 400 g/mol. The van der Waals surface area contributed by atoms with E-state index in [1.165, 1.54) is 30.9 Å². The largest absolute Gasteiger partial charge is 0.458 e. The molecule has 1 aromatic rings. The molecule has 170 valence electrons. The molecule has 4 nitrogen and oxygen atoms in total. The van der Waals surface area contributed by atoms with Gasteiger partial charge in [0.25, 0.3) is 0 Å². The minimum absolute atomic E-state index is 0.134. The lowest BCUT2D eigenvalue weighted by molar-refractivity contribution is -0.131. The highest BCUT2D eigenvalue weighted by Crippen LogP contribution is 2.37. The number of esters is 2. The Morgan fingerprint density at radius 3 is 2.53 bits per heavy atom. The van der Waals surface area contributed by atoms with Crippen molar-refractivity contribution in [2.75, 3.05) is 6.61 Å². The molecule has 0 bridgehead atoms. The van der Waals surface area contributed by atoms with E-state index >= 15 is 0 Å². The van der Waals surface area contributed by atoms with Crippen LogP contribution in [0.5, 0.6) is 5.75 Å².